The highest BCUT2D eigenvalue weighted by atomic mass is 16.5. The molecule has 33 heavy (non-hydrogen) atoms. The van der Waals surface area contributed by atoms with Gasteiger partial charge in [-0.25, -0.2) is 0 Å². The molecule has 2 heteroatoms. The van der Waals surface area contributed by atoms with Gasteiger partial charge in [-0.15, -0.1) is 0 Å². The molecule has 2 nitrogen and oxygen atoms in total. The van der Waals surface area contributed by atoms with E-state index >= 15 is 0 Å². The van der Waals surface area contributed by atoms with Crippen LogP contribution in [0.25, 0.3) is 0 Å². The van der Waals surface area contributed by atoms with Gasteiger partial charge < -0.3 is 4.74 Å². The minimum absolute atomic E-state index is 0.158. The number of carbonyl (C=O) groups excluding carboxylic acids is 1. The zero-order valence-electron chi connectivity index (χ0n) is 21.5. The van der Waals surface area contributed by atoms with Crippen LogP contribution in [0, 0.1) is 23.2 Å². The lowest BCUT2D eigenvalue weighted by Crippen LogP contribution is -2.42. The molecule has 3 aliphatic rings. The standard InChI is InChI=1S/C31H48O2/c1-3-4-5-6-7-8-9-10-11-12-25-14-18-30-29-16-13-24-23-26(33-22-21-32)15-17-27(24)28(29)19-20-31(25,30)2/h15,17,21,23,25,28-30H,3-14,16,18-20,22H2,1-2H3. The lowest BCUT2D eigenvalue weighted by molar-refractivity contribution is -0.109. The van der Waals surface area contributed by atoms with E-state index in [4.69, 9.17) is 4.74 Å². The Morgan fingerprint density at radius 3 is 2.48 bits per heavy atom. The molecule has 0 heterocycles. The van der Waals surface area contributed by atoms with Gasteiger partial charge >= 0.3 is 0 Å². The Kier molecular flexibility index (Phi) is 8.94. The van der Waals surface area contributed by atoms with Crippen LogP contribution in [0.15, 0.2) is 18.2 Å². The Labute approximate surface area is 203 Å². The first kappa shape index (κ1) is 24.8. The third-order valence-electron chi connectivity index (χ3n) is 9.87. The van der Waals surface area contributed by atoms with Crippen molar-refractivity contribution < 1.29 is 9.53 Å². The van der Waals surface area contributed by atoms with Crippen molar-refractivity contribution in [1.29, 1.82) is 0 Å². The second-order valence-corrected chi connectivity index (χ2v) is 11.7. The summed E-state index contributed by atoms with van der Waals surface area (Å²) in [5.74, 6) is 4.39. The van der Waals surface area contributed by atoms with Crippen molar-refractivity contribution >= 4 is 6.29 Å². The minimum atomic E-state index is 0.158. The summed E-state index contributed by atoms with van der Waals surface area (Å²) in [6.07, 6.45) is 23.5. The minimum Gasteiger partial charge on any atom is -0.486 e. The predicted octanol–water partition coefficient (Wildman–Crippen LogP) is 8.66. The third-order valence-corrected chi connectivity index (χ3v) is 9.87. The average molecular weight is 453 g/mol. The monoisotopic (exact) mass is 452 g/mol. The van der Waals surface area contributed by atoms with Gasteiger partial charge in [0, 0.05) is 0 Å². The second kappa shape index (κ2) is 11.9. The van der Waals surface area contributed by atoms with E-state index in [0.717, 1.165) is 35.7 Å². The Hall–Kier alpha value is -1.31. The molecule has 2 saturated carbocycles. The maximum absolute atomic E-state index is 10.6. The first-order valence-corrected chi connectivity index (χ1v) is 14.4. The van der Waals surface area contributed by atoms with Gasteiger partial charge in [0.2, 0.25) is 0 Å². The quantitative estimate of drug-likeness (QED) is 0.221. The highest BCUT2D eigenvalue weighted by Gasteiger charge is 2.54. The third kappa shape index (κ3) is 5.68. The number of hydrogen-bond donors (Lipinski definition) is 0. The molecule has 0 radical (unpaired) electrons. The van der Waals surface area contributed by atoms with Crippen LogP contribution in [0.5, 0.6) is 5.75 Å². The van der Waals surface area contributed by atoms with E-state index in [0.29, 0.717) is 5.41 Å². The molecule has 0 bridgehead atoms. The summed E-state index contributed by atoms with van der Waals surface area (Å²) in [4.78, 5) is 10.6. The van der Waals surface area contributed by atoms with Gasteiger partial charge in [-0.05, 0) is 97.3 Å². The van der Waals surface area contributed by atoms with Gasteiger partial charge in [0.15, 0.2) is 6.29 Å². The van der Waals surface area contributed by atoms with Crippen LogP contribution in [0.1, 0.15) is 127 Å². The molecule has 184 valence electrons. The maximum Gasteiger partial charge on any atom is 0.157 e. The van der Waals surface area contributed by atoms with Crippen LogP contribution in [-0.2, 0) is 11.2 Å². The first-order valence-electron chi connectivity index (χ1n) is 14.4. The summed E-state index contributed by atoms with van der Waals surface area (Å²) in [6, 6.07) is 6.63. The molecule has 5 atom stereocenters. The summed E-state index contributed by atoms with van der Waals surface area (Å²) in [7, 11) is 0. The fraction of sp³-hybridized carbons (Fsp3) is 0.774. The van der Waals surface area contributed by atoms with E-state index in [1.54, 1.807) is 5.56 Å². The summed E-state index contributed by atoms with van der Waals surface area (Å²) in [6.45, 7) is 5.13. The van der Waals surface area contributed by atoms with Crippen LogP contribution in [0.3, 0.4) is 0 Å². The number of unbranched alkanes of at least 4 members (excludes halogenated alkanes) is 8. The Morgan fingerprint density at radius 1 is 0.970 bits per heavy atom. The first-order chi connectivity index (χ1) is 16.2. The maximum atomic E-state index is 10.6. The molecular weight excluding hydrogens is 404 g/mol. The number of aryl methyl sites for hydroxylation is 1. The van der Waals surface area contributed by atoms with E-state index in [1.165, 1.54) is 108 Å². The summed E-state index contributed by atoms with van der Waals surface area (Å²) >= 11 is 0. The number of rotatable bonds is 13. The van der Waals surface area contributed by atoms with E-state index in [-0.39, 0.29) is 6.61 Å². The van der Waals surface area contributed by atoms with E-state index in [9.17, 15) is 4.79 Å². The molecule has 0 aromatic heterocycles. The van der Waals surface area contributed by atoms with Crippen LogP contribution >= 0.6 is 0 Å². The molecule has 3 aliphatic carbocycles. The topological polar surface area (TPSA) is 26.3 Å². The van der Waals surface area contributed by atoms with Crippen molar-refractivity contribution in [2.45, 2.75) is 122 Å². The summed E-state index contributed by atoms with van der Waals surface area (Å²) < 4.78 is 5.57. The zero-order chi connectivity index (χ0) is 23.1. The van der Waals surface area contributed by atoms with Gasteiger partial charge in [-0.3, -0.25) is 4.79 Å². The predicted molar refractivity (Wildman–Crippen MR) is 138 cm³/mol. The van der Waals surface area contributed by atoms with Gasteiger partial charge in [-0.2, -0.15) is 0 Å². The molecular formula is C31H48O2. The van der Waals surface area contributed by atoms with Crippen molar-refractivity contribution in [2.24, 2.45) is 23.2 Å². The van der Waals surface area contributed by atoms with Crippen molar-refractivity contribution in [1.82, 2.24) is 0 Å². The van der Waals surface area contributed by atoms with E-state index in [1.807, 2.05) is 0 Å². The van der Waals surface area contributed by atoms with Crippen molar-refractivity contribution in [2.75, 3.05) is 6.61 Å². The Balaban J connectivity index is 1.27. The van der Waals surface area contributed by atoms with Crippen molar-refractivity contribution in [3.63, 3.8) is 0 Å². The van der Waals surface area contributed by atoms with Gasteiger partial charge in [0.05, 0.1) is 0 Å². The molecule has 0 N–H and O–H groups in total. The molecule has 4 rings (SSSR count). The van der Waals surface area contributed by atoms with Crippen LogP contribution in [-0.4, -0.2) is 12.9 Å². The molecule has 2 fully saturated rings. The van der Waals surface area contributed by atoms with Gasteiger partial charge in [-0.1, -0.05) is 77.7 Å². The van der Waals surface area contributed by atoms with Gasteiger partial charge in [0.1, 0.15) is 12.4 Å². The van der Waals surface area contributed by atoms with Crippen molar-refractivity contribution in [3.05, 3.63) is 29.3 Å². The highest BCUT2D eigenvalue weighted by molar-refractivity contribution is 5.51. The van der Waals surface area contributed by atoms with Crippen LogP contribution in [0.2, 0.25) is 0 Å². The fourth-order valence-corrected chi connectivity index (χ4v) is 8.06. The molecule has 0 amide bonds. The Morgan fingerprint density at radius 2 is 1.73 bits per heavy atom. The lowest BCUT2D eigenvalue weighted by atomic mass is 9.54. The number of aldehydes is 1. The molecule has 5 unspecified atom stereocenters. The molecule has 0 spiro atoms. The number of benzene rings is 1. The van der Waals surface area contributed by atoms with Crippen molar-refractivity contribution in [3.8, 4) is 5.75 Å². The fourth-order valence-electron chi connectivity index (χ4n) is 8.06. The van der Waals surface area contributed by atoms with Gasteiger partial charge in [0.25, 0.3) is 0 Å². The summed E-state index contributed by atoms with van der Waals surface area (Å²) in [5, 5.41) is 0. The normalized spacial score (nSPS) is 30.4. The van der Waals surface area contributed by atoms with Crippen LogP contribution in [0.4, 0.5) is 0 Å². The Bertz CT molecular complexity index is 755. The summed E-state index contributed by atoms with van der Waals surface area (Å²) in [5.41, 5.74) is 3.66. The molecule has 1 aromatic rings. The lowest BCUT2D eigenvalue weighted by Gasteiger charge is -2.51. The second-order valence-electron chi connectivity index (χ2n) is 11.7. The molecule has 1 aromatic carbocycles. The van der Waals surface area contributed by atoms with Crippen LogP contribution < -0.4 is 4.74 Å². The largest absolute Gasteiger partial charge is 0.486 e. The number of carbonyl (C=O) groups is 1. The SMILES string of the molecule is CCCCCCCCCCCC1CCC2C3CCc4cc(OCC=O)ccc4C3CCC12C. The van der Waals surface area contributed by atoms with E-state index < -0.39 is 0 Å². The number of ether oxygens (including phenoxy) is 1. The van der Waals surface area contributed by atoms with E-state index in [2.05, 4.69) is 32.0 Å². The molecule has 0 saturated heterocycles. The zero-order valence-corrected chi connectivity index (χ0v) is 21.5. The highest BCUT2D eigenvalue weighted by Crippen LogP contribution is 2.63. The average Bonchev–Trinajstić information content (AvgIpc) is 3.17. The number of hydrogen-bond acceptors (Lipinski definition) is 2. The molecule has 0 aliphatic heterocycles. The smallest absolute Gasteiger partial charge is 0.157 e. The number of fused-ring (bicyclic) bond motifs is 5.